The molecule has 0 saturated carbocycles. The van der Waals surface area contributed by atoms with Gasteiger partial charge < -0.3 is 10.6 Å². The van der Waals surface area contributed by atoms with Crippen molar-refractivity contribution in [1.82, 2.24) is 10.6 Å². The van der Waals surface area contributed by atoms with Gasteiger partial charge in [0.1, 0.15) is 5.82 Å². The van der Waals surface area contributed by atoms with Gasteiger partial charge in [-0.3, -0.25) is 4.79 Å². The Labute approximate surface area is 169 Å². The molecule has 0 bridgehead atoms. The largest absolute Gasteiger partial charge is 0.343 e. The van der Waals surface area contributed by atoms with E-state index in [2.05, 4.69) is 24.5 Å². The average molecular weight is 397 g/mol. The van der Waals surface area contributed by atoms with Gasteiger partial charge in [0.05, 0.1) is 12.6 Å². The van der Waals surface area contributed by atoms with Gasteiger partial charge in [-0.2, -0.15) is 0 Å². The summed E-state index contributed by atoms with van der Waals surface area (Å²) in [4.78, 5) is 13.8. The van der Waals surface area contributed by atoms with Gasteiger partial charge in [-0.05, 0) is 40.6 Å². The Hall–Kier alpha value is -2.50. The van der Waals surface area contributed by atoms with Crippen molar-refractivity contribution in [1.29, 1.82) is 0 Å². The molecule has 0 aliphatic carbocycles. The lowest BCUT2D eigenvalue weighted by Gasteiger charge is -2.24. The maximum atomic E-state index is 13.2. The molecule has 0 aliphatic rings. The number of carbonyl (C=O) groups excluding carboxylic acids is 1. The SMILES string of the molecule is CC(C)[C@@H](NCC(=O)N[C@H](c1ccccc1)c1cccs1)c1ccc(F)cc1. The minimum Gasteiger partial charge on any atom is -0.343 e. The van der Waals surface area contributed by atoms with Crippen molar-refractivity contribution in [2.45, 2.75) is 25.9 Å². The Morgan fingerprint density at radius 3 is 2.29 bits per heavy atom. The fourth-order valence-corrected chi connectivity index (χ4v) is 4.05. The molecule has 2 aromatic carbocycles. The predicted octanol–water partition coefficient (Wildman–Crippen LogP) is 5.08. The van der Waals surface area contributed by atoms with Crippen LogP contribution in [0.15, 0.2) is 72.1 Å². The van der Waals surface area contributed by atoms with Gasteiger partial charge in [-0.25, -0.2) is 4.39 Å². The molecule has 0 spiro atoms. The number of hydrogen-bond donors (Lipinski definition) is 2. The van der Waals surface area contributed by atoms with E-state index in [4.69, 9.17) is 0 Å². The summed E-state index contributed by atoms with van der Waals surface area (Å²) < 4.78 is 13.2. The highest BCUT2D eigenvalue weighted by atomic mass is 32.1. The topological polar surface area (TPSA) is 41.1 Å². The summed E-state index contributed by atoms with van der Waals surface area (Å²) in [5, 5.41) is 8.48. The van der Waals surface area contributed by atoms with Crippen LogP contribution in [0.5, 0.6) is 0 Å². The van der Waals surface area contributed by atoms with E-state index < -0.39 is 0 Å². The first-order valence-electron chi connectivity index (χ1n) is 9.41. The maximum Gasteiger partial charge on any atom is 0.234 e. The molecule has 0 unspecified atom stereocenters. The van der Waals surface area contributed by atoms with Crippen molar-refractivity contribution in [3.63, 3.8) is 0 Å². The molecule has 2 atom stereocenters. The molecular weight excluding hydrogens is 371 g/mol. The molecule has 28 heavy (non-hydrogen) atoms. The Balaban J connectivity index is 1.68. The van der Waals surface area contributed by atoms with Gasteiger partial charge in [0.2, 0.25) is 5.91 Å². The van der Waals surface area contributed by atoms with Crippen LogP contribution in [0.25, 0.3) is 0 Å². The van der Waals surface area contributed by atoms with Crippen molar-refractivity contribution < 1.29 is 9.18 Å². The molecule has 0 aliphatic heterocycles. The van der Waals surface area contributed by atoms with Gasteiger partial charge in [-0.15, -0.1) is 11.3 Å². The molecule has 0 saturated heterocycles. The molecular formula is C23H25FN2OS. The van der Waals surface area contributed by atoms with Crippen molar-refractivity contribution >= 4 is 17.2 Å². The first kappa shape index (κ1) is 20.2. The van der Waals surface area contributed by atoms with E-state index in [-0.39, 0.29) is 36.3 Å². The van der Waals surface area contributed by atoms with Gasteiger partial charge in [0, 0.05) is 10.9 Å². The molecule has 2 N–H and O–H groups in total. The zero-order chi connectivity index (χ0) is 19.9. The third-order valence-corrected chi connectivity index (χ3v) is 5.58. The summed E-state index contributed by atoms with van der Waals surface area (Å²) in [7, 11) is 0. The van der Waals surface area contributed by atoms with E-state index in [1.165, 1.54) is 12.1 Å². The van der Waals surface area contributed by atoms with E-state index in [1.54, 1.807) is 23.5 Å². The predicted molar refractivity (Wildman–Crippen MR) is 113 cm³/mol. The third kappa shape index (κ3) is 5.27. The fourth-order valence-electron chi connectivity index (χ4n) is 3.24. The second kappa shape index (κ2) is 9.62. The van der Waals surface area contributed by atoms with Crippen LogP contribution in [0.2, 0.25) is 0 Å². The summed E-state index contributed by atoms with van der Waals surface area (Å²) in [6, 6.07) is 20.2. The minimum atomic E-state index is -0.259. The number of hydrogen-bond acceptors (Lipinski definition) is 3. The molecule has 3 rings (SSSR count). The molecule has 1 amide bonds. The molecule has 1 heterocycles. The quantitative estimate of drug-likeness (QED) is 0.557. The summed E-state index contributed by atoms with van der Waals surface area (Å²) in [5.41, 5.74) is 2.03. The number of rotatable bonds is 8. The smallest absolute Gasteiger partial charge is 0.234 e. The van der Waals surface area contributed by atoms with Crippen LogP contribution in [0.3, 0.4) is 0 Å². The summed E-state index contributed by atoms with van der Waals surface area (Å²) in [6.07, 6.45) is 0. The summed E-state index contributed by atoms with van der Waals surface area (Å²) in [5.74, 6) is -0.0684. The Morgan fingerprint density at radius 1 is 0.964 bits per heavy atom. The highest BCUT2D eigenvalue weighted by Crippen LogP contribution is 2.26. The number of amides is 1. The van der Waals surface area contributed by atoms with Gasteiger partial charge in [0.15, 0.2) is 0 Å². The zero-order valence-corrected chi connectivity index (χ0v) is 16.9. The summed E-state index contributed by atoms with van der Waals surface area (Å²) >= 11 is 1.62. The molecule has 1 aromatic heterocycles. The monoisotopic (exact) mass is 396 g/mol. The van der Waals surface area contributed by atoms with Crippen LogP contribution in [-0.4, -0.2) is 12.5 Å². The Morgan fingerprint density at radius 2 is 1.68 bits per heavy atom. The van der Waals surface area contributed by atoms with Crippen LogP contribution < -0.4 is 10.6 Å². The zero-order valence-electron chi connectivity index (χ0n) is 16.1. The molecule has 5 heteroatoms. The second-order valence-electron chi connectivity index (χ2n) is 7.08. The molecule has 3 nitrogen and oxygen atoms in total. The summed E-state index contributed by atoms with van der Waals surface area (Å²) in [6.45, 7) is 4.35. The second-order valence-corrected chi connectivity index (χ2v) is 8.06. The van der Waals surface area contributed by atoms with Crippen LogP contribution in [-0.2, 0) is 4.79 Å². The third-order valence-electron chi connectivity index (χ3n) is 4.64. The first-order valence-corrected chi connectivity index (χ1v) is 10.3. The molecule has 3 aromatic rings. The molecule has 0 fully saturated rings. The van der Waals surface area contributed by atoms with Gasteiger partial charge in [-0.1, -0.05) is 62.4 Å². The van der Waals surface area contributed by atoms with E-state index in [9.17, 15) is 9.18 Å². The van der Waals surface area contributed by atoms with E-state index >= 15 is 0 Å². The Kier molecular flexibility index (Phi) is 6.95. The first-order chi connectivity index (χ1) is 13.5. The number of nitrogens with one attached hydrogen (secondary N) is 2. The highest BCUT2D eigenvalue weighted by Gasteiger charge is 2.20. The number of carbonyl (C=O) groups is 1. The maximum absolute atomic E-state index is 13.2. The van der Waals surface area contributed by atoms with Gasteiger partial charge in [0.25, 0.3) is 0 Å². The average Bonchev–Trinajstić information content (AvgIpc) is 3.22. The van der Waals surface area contributed by atoms with Crippen LogP contribution in [0.4, 0.5) is 4.39 Å². The van der Waals surface area contributed by atoms with Crippen molar-refractivity contribution in [3.8, 4) is 0 Å². The molecule has 0 radical (unpaired) electrons. The van der Waals surface area contributed by atoms with Crippen molar-refractivity contribution in [2.24, 2.45) is 5.92 Å². The van der Waals surface area contributed by atoms with E-state index in [1.807, 2.05) is 47.8 Å². The van der Waals surface area contributed by atoms with Gasteiger partial charge >= 0.3 is 0 Å². The van der Waals surface area contributed by atoms with E-state index in [0.717, 1.165) is 16.0 Å². The fraction of sp³-hybridized carbons (Fsp3) is 0.261. The highest BCUT2D eigenvalue weighted by molar-refractivity contribution is 7.10. The van der Waals surface area contributed by atoms with Crippen LogP contribution in [0.1, 0.15) is 41.9 Å². The van der Waals surface area contributed by atoms with Crippen molar-refractivity contribution in [3.05, 3.63) is 93.9 Å². The lowest BCUT2D eigenvalue weighted by molar-refractivity contribution is -0.120. The number of thiophene rings is 1. The minimum absolute atomic E-state index is 0.0248. The van der Waals surface area contributed by atoms with E-state index in [0.29, 0.717) is 0 Å². The normalized spacial score (nSPS) is 13.3. The molecule has 146 valence electrons. The Bertz CT molecular complexity index is 863. The van der Waals surface area contributed by atoms with Crippen LogP contribution in [0, 0.1) is 11.7 Å². The number of halogens is 1. The lowest BCUT2D eigenvalue weighted by atomic mass is 9.96. The van der Waals surface area contributed by atoms with Crippen molar-refractivity contribution in [2.75, 3.05) is 6.54 Å². The standard InChI is InChI=1S/C23H25FN2OS/c1-16(2)22(18-10-12-19(24)13-11-18)25-15-21(27)26-23(20-9-6-14-28-20)17-7-4-3-5-8-17/h3-14,16,22-23,25H,15H2,1-2H3,(H,26,27)/t22-,23-/m1/s1. The van der Waals surface area contributed by atoms with Crippen LogP contribution >= 0.6 is 11.3 Å². The lowest BCUT2D eigenvalue weighted by Crippen LogP contribution is -2.39. The number of benzene rings is 2.